The fraction of sp³-hybridized carbons (Fsp3) is 0.500. The summed E-state index contributed by atoms with van der Waals surface area (Å²) in [4.78, 5) is 47.9. The van der Waals surface area contributed by atoms with Crippen molar-refractivity contribution in [3.63, 3.8) is 0 Å². The van der Waals surface area contributed by atoms with Crippen molar-refractivity contribution < 1.29 is 45.6 Å². The van der Waals surface area contributed by atoms with Crippen LogP contribution in [0.15, 0.2) is 46.8 Å². The molecule has 0 aliphatic carbocycles. The number of phosphoric acid groups is 1. The second-order valence-corrected chi connectivity index (χ2v) is 17.4. The number of thiazole rings is 1. The topological polar surface area (TPSA) is 160 Å². The van der Waals surface area contributed by atoms with Gasteiger partial charge in [0.1, 0.15) is 16.4 Å². The predicted octanol–water partition coefficient (Wildman–Crippen LogP) is 9.58. The number of hydrogen-bond donors (Lipinski definition) is 2. The summed E-state index contributed by atoms with van der Waals surface area (Å²) < 4.78 is 79.2. The number of rotatable bonds is 16. The average molecular weight is 824 g/mol. The number of fused-ring (bicyclic) bond motifs is 1. The molecule has 4 rings (SSSR count). The van der Waals surface area contributed by atoms with Crippen LogP contribution < -0.4 is 16.1 Å². The Hall–Kier alpha value is -4.15. The van der Waals surface area contributed by atoms with Gasteiger partial charge in [-0.25, -0.2) is 24.1 Å². The van der Waals surface area contributed by atoms with Crippen molar-refractivity contribution in [3.05, 3.63) is 63.5 Å². The fourth-order valence-electron chi connectivity index (χ4n) is 5.42. The number of nitrogens with one attached hydrogen (secondary N) is 2. The maximum atomic E-state index is 14.1. The smallest absolute Gasteiger partial charge is 0.462 e. The van der Waals surface area contributed by atoms with Crippen molar-refractivity contribution in [3.8, 4) is 21.7 Å². The molecule has 0 spiro atoms. The van der Waals surface area contributed by atoms with Crippen LogP contribution in [0.1, 0.15) is 84.4 Å². The summed E-state index contributed by atoms with van der Waals surface area (Å²) in [6, 6.07) is 4.96. The average Bonchev–Trinajstić information content (AvgIpc) is 3.62. The number of alkyl halides is 3. The van der Waals surface area contributed by atoms with Crippen molar-refractivity contribution in [2.45, 2.75) is 74.5 Å². The van der Waals surface area contributed by atoms with Gasteiger partial charge in [0.25, 0.3) is 0 Å². The molecule has 0 aliphatic heterocycles. The van der Waals surface area contributed by atoms with Crippen molar-refractivity contribution in [2.24, 2.45) is 17.3 Å². The van der Waals surface area contributed by atoms with E-state index >= 15 is 0 Å². The minimum absolute atomic E-state index is 0.00879. The van der Waals surface area contributed by atoms with Crippen LogP contribution >= 0.6 is 19.2 Å². The second-order valence-electron chi connectivity index (χ2n) is 14.9. The highest BCUT2D eigenvalue weighted by Crippen LogP contribution is 2.52. The second kappa shape index (κ2) is 18.4. The zero-order valence-corrected chi connectivity index (χ0v) is 34.6. The standard InChI is InChI=1S/C38H49F3N5O8PS/c1-10-42-36(49)45-32-15-25(34-44-30(21-56-34)38(39,40)41)27(16-43-32)24-12-13-29-26(14-24)33(47)28(35(48)51-11-2)17-46(29)31(37(7,8)9)20-54-55(50,52-18-22(3)4)53-19-23(5)6/h12-17,21-23,31H,10-11,18-20H2,1-9H3,(H2,42,43,45,49)/t31-/m1/s1. The maximum Gasteiger partial charge on any atom is 0.474 e. The molecule has 18 heteroatoms. The summed E-state index contributed by atoms with van der Waals surface area (Å²) in [6.07, 6.45) is -1.96. The van der Waals surface area contributed by atoms with E-state index in [0.29, 0.717) is 23.2 Å². The van der Waals surface area contributed by atoms with Crippen LogP contribution in [-0.2, 0) is 29.0 Å². The van der Waals surface area contributed by atoms with Gasteiger partial charge in [0.15, 0.2) is 5.69 Å². The van der Waals surface area contributed by atoms with E-state index in [-0.39, 0.29) is 65.6 Å². The van der Waals surface area contributed by atoms with Gasteiger partial charge in [-0.15, -0.1) is 11.3 Å². The Morgan fingerprint density at radius 3 is 2.16 bits per heavy atom. The molecule has 56 heavy (non-hydrogen) atoms. The molecule has 1 aromatic carbocycles. The third-order valence-electron chi connectivity index (χ3n) is 8.20. The largest absolute Gasteiger partial charge is 0.474 e. The van der Waals surface area contributed by atoms with E-state index < -0.39 is 48.6 Å². The molecule has 0 saturated carbocycles. The lowest BCUT2D eigenvalue weighted by molar-refractivity contribution is -0.140. The van der Waals surface area contributed by atoms with Gasteiger partial charge in [0.05, 0.1) is 38.0 Å². The van der Waals surface area contributed by atoms with Crippen molar-refractivity contribution >= 4 is 47.9 Å². The molecule has 2 N–H and O–H groups in total. The zero-order chi connectivity index (χ0) is 41.6. The predicted molar refractivity (Wildman–Crippen MR) is 210 cm³/mol. The molecule has 1 atom stereocenters. The SMILES string of the molecule is CCNC(=O)Nc1cc(-c2nc(C(F)(F)F)cs2)c(-c2ccc3c(c2)c(=O)c(C(=O)OCC)cn3[C@H](COP(=O)(OCC(C)C)OCC(C)C)C(C)(C)C)cn1. The highest BCUT2D eigenvalue weighted by atomic mass is 32.1. The summed E-state index contributed by atoms with van der Waals surface area (Å²) in [7, 11) is -4.07. The van der Waals surface area contributed by atoms with Crippen LogP contribution in [0.25, 0.3) is 32.6 Å². The van der Waals surface area contributed by atoms with E-state index in [0.717, 1.165) is 16.7 Å². The molecule has 3 aromatic heterocycles. The number of hydrogen-bond acceptors (Lipinski definition) is 11. The molecule has 0 radical (unpaired) electrons. The molecule has 0 unspecified atom stereocenters. The first-order chi connectivity index (χ1) is 26.2. The molecular formula is C38H49F3N5O8PS. The van der Waals surface area contributed by atoms with Crippen molar-refractivity contribution in [1.29, 1.82) is 0 Å². The van der Waals surface area contributed by atoms with Gasteiger partial charge < -0.3 is 14.6 Å². The molecule has 2 amide bonds. The summed E-state index contributed by atoms with van der Waals surface area (Å²) in [5.41, 5.74) is -1.45. The molecule has 0 fully saturated rings. The minimum Gasteiger partial charge on any atom is -0.462 e. The molecular weight excluding hydrogens is 774 g/mol. The molecule has 0 aliphatic rings. The fourth-order valence-corrected chi connectivity index (χ4v) is 7.78. The van der Waals surface area contributed by atoms with Crippen LogP contribution in [0.4, 0.5) is 23.8 Å². The first-order valence-corrected chi connectivity index (χ1v) is 20.5. The Kier molecular flexibility index (Phi) is 14.6. The summed E-state index contributed by atoms with van der Waals surface area (Å²) in [5.74, 6) is -0.762. The first kappa shape index (κ1) is 44.6. The number of anilines is 1. The number of aromatic nitrogens is 3. The van der Waals surface area contributed by atoms with E-state index in [2.05, 4.69) is 20.6 Å². The van der Waals surface area contributed by atoms with Gasteiger partial charge in [-0.3, -0.25) is 23.7 Å². The number of halogens is 3. The summed E-state index contributed by atoms with van der Waals surface area (Å²) in [6.45, 7) is 17.0. The van der Waals surface area contributed by atoms with Gasteiger partial charge >= 0.3 is 26.0 Å². The van der Waals surface area contributed by atoms with E-state index in [1.54, 1.807) is 30.5 Å². The van der Waals surface area contributed by atoms with Gasteiger partial charge in [0, 0.05) is 40.8 Å². The third kappa shape index (κ3) is 11.2. The number of pyridine rings is 2. The first-order valence-electron chi connectivity index (χ1n) is 18.1. The lowest BCUT2D eigenvalue weighted by Gasteiger charge is -2.35. The number of esters is 1. The minimum atomic E-state index is -4.70. The molecule has 13 nitrogen and oxygen atoms in total. The number of nitrogens with zero attached hydrogens (tertiary/aromatic N) is 3. The lowest BCUT2D eigenvalue weighted by Crippen LogP contribution is -2.31. The Balaban J connectivity index is 1.93. The van der Waals surface area contributed by atoms with Crippen LogP contribution in [-0.4, -0.2) is 59.5 Å². The zero-order valence-electron chi connectivity index (χ0n) is 32.9. The third-order valence-corrected chi connectivity index (χ3v) is 10.5. The number of carbonyl (C=O) groups is 2. The van der Waals surface area contributed by atoms with Crippen LogP contribution in [0.2, 0.25) is 0 Å². The van der Waals surface area contributed by atoms with Gasteiger partial charge in [-0.2, -0.15) is 13.2 Å². The van der Waals surface area contributed by atoms with Gasteiger partial charge in [-0.1, -0.05) is 54.5 Å². The van der Waals surface area contributed by atoms with Gasteiger partial charge in [0.2, 0.25) is 5.43 Å². The number of ether oxygens (including phenoxy) is 1. The molecule has 306 valence electrons. The highest BCUT2D eigenvalue weighted by molar-refractivity contribution is 7.48. The number of carbonyl (C=O) groups excluding carboxylic acids is 2. The maximum absolute atomic E-state index is 14.1. The highest BCUT2D eigenvalue weighted by Gasteiger charge is 2.36. The van der Waals surface area contributed by atoms with Crippen LogP contribution in [0, 0.1) is 17.3 Å². The van der Waals surface area contributed by atoms with E-state index in [9.17, 15) is 32.1 Å². The number of benzene rings is 1. The molecule has 0 saturated heterocycles. The Morgan fingerprint density at radius 2 is 1.61 bits per heavy atom. The summed E-state index contributed by atoms with van der Waals surface area (Å²) in [5, 5.41) is 6.08. The quantitative estimate of drug-likeness (QED) is 0.0823. The Labute approximate surface area is 327 Å². The van der Waals surface area contributed by atoms with Crippen LogP contribution in [0.5, 0.6) is 0 Å². The lowest BCUT2D eigenvalue weighted by atomic mass is 9.86. The van der Waals surface area contributed by atoms with Gasteiger partial charge in [-0.05, 0) is 54.9 Å². The number of amides is 2. The molecule has 0 bridgehead atoms. The Bertz CT molecular complexity index is 2110. The van der Waals surface area contributed by atoms with E-state index in [4.69, 9.17) is 18.3 Å². The molecule has 4 aromatic rings. The summed E-state index contributed by atoms with van der Waals surface area (Å²) >= 11 is 0.749. The number of urea groups is 1. The number of phosphoric ester groups is 1. The Morgan fingerprint density at radius 1 is 0.964 bits per heavy atom. The van der Waals surface area contributed by atoms with Crippen molar-refractivity contribution in [1.82, 2.24) is 19.9 Å². The van der Waals surface area contributed by atoms with Crippen molar-refractivity contribution in [2.75, 3.05) is 38.3 Å². The van der Waals surface area contributed by atoms with E-state index in [1.165, 1.54) is 24.5 Å². The molecule has 3 heterocycles. The van der Waals surface area contributed by atoms with E-state index in [1.807, 2.05) is 48.5 Å². The van der Waals surface area contributed by atoms with Crippen LogP contribution in [0.3, 0.4) is 0 Å². The normalized spacial score (nSPS) is 13.0. The monoisotopic (exact) mass is 823 g/mol.